The van der Waals surface area contributed by atoms with Crippen LogP contribution in [0.5, 0.6) is 0 Å². The number of dihydropyridines is 1. The largest absolute Gasteiger partial charge is 0.386 e. The Kier molecular flexibility index (Phi) is 5.37. The Morgan fingerprint density at radius 2 is 2.20 bits per heavy atom. The van der Waals surface area contributed by atoms with Crippen molar-refractivity contribution in [3.8, 4) is 6.07 Å². The molecule has 4 rings (SSSR count). The van der Waals surface area contributed by atoms with Crippen LogP contribution in [0.1, 0.15) is 30.7 Å². The molecule has 0 bridgehead atoms. The molecule has 0 spiro atoms. The molecule has 1 atom stereocenters. The predicted molar refractivity (Wildman–Crippen MR) is 117 cm³/mol. The highest BCUT2D eigenvalue weighted by atomic mass is 35.5. The van der Waals surface area contributed by atoms with Crippen LogP contribution in [-0.4, -0.2) is 33.4 Å². The molecule has 2 aromatic rings. The molecule has 1 aromatic heterocycles. The molecule has 30 heavy (non-hydrogen) atoms. The zero-order chi connectivity index (χ0) is 21.3. The molecule has 0 saturated heterocycles. The monoisotopic (exact) mass is 422 g/mol. The van der Waals surface area contributed by atoms with Gasteiger partial charge in [0.05, 0.1) is 40.2 Å². The molecular formula is C22H23ClN6O. The van der Waals surface area contributed by atoms with Gasteiger partial charge in [0.15, 0.2) is 0 Å². The number of aromatic nitrogens is 2. The van der Waals surface area contributed by atoms with Gasteiger partial charge >= 0.3 is 0 Å². The molecule has 0 aliphatic carbocycles. The van der Waals surface area contributed by atoms with E-state index in [1.165, 1.54) is 0 Å². The van der Waals surface area contributed by atoms with Gasteiger partial charge in [0.2, 0.25) is 0 Å². The second-order valence-corrected chi connectivity index (χ2v) is 8.31. The maximum atomic E-state index is 10.1. The zero-order valence-corrected chi connectivity index (χ0v) is 17.6. The van der Waals surface area contributed by atoms with E-state index in [0.717, 1.165) is 41.3 Å². The third kappa shape index (κ3) is 4.11. The first-order chi connectivity index (χ1) is 14.3. The minimum atomic E-state index is -0.890. The second-order valence-electron chi connectivity index (χ2n) is 7.90. The summed E-state index contributed by atoms with van der Waals surface area (Å²) in [6.45, 7) is 4.91. The standard InChI is InChI=1S/C22H23ClN6O/c1-22(2,30)15-4-6-20(25-11-15)28-21-16-7-8-29(12-18(16)26-13-27-21)19-5-3-14(10-24)9-17(19)23/h3-6,9,11,13,20,25,30H,7-8,12H2,1-2H3,(H,26,27,28). The smallest absolute Gasteiger partial charge is 0.134 e. The molecule has 8 heteroatoms. The van der Waals surface area contributed by atoms with E-state index in [1.54, 1.807) is 32.3 Å². The fourth-order valence-electron chi connectivity index (χ4n) is 3.62. The lowest BCUT2D eigenvalue weighted by molar-refractivity contribution is 0.122. The summed E-state index contributed by atoms with van der Waals surface area (Å²) in [5, 5.41) is 26.4. The second kappa shape index (κ2) is 7.98. The summed E-state index contributed by atoms with van der Waals surface area (Å²) in [5.74, 6) is 0.799. The van der Waals surface area contributed by atoms with Crippen molar-refractivity contribution in [2.75, 3.05) is 16.8 Å². The van der Waals surface area contributed by atoms with Gasteiger partial charge in [-0.05, 0) is 50.1 Å². The Balaban J connectivity index is 1.50. The fraction of sp³-hybridized carbons (Fsp3) is 0.318. The van der Waals surface area contributed by atoms with Crippen LogP contribution in [-0.2, 0) is 13.0 Å². The highest BCUT2D eigenvalue weighted by Crippen LogP contribution is 2.32. The summed E-state index contributed by atoms with van der Waals surface area (Å²) in [4.78, 5) is 11.1. The maximum Gasteiger partial charge on any atom is 0.134 e. The topological polar surface area (TPSA) is 97.1 Å². The Hall–Kier alpha value is -3.08. The number of nitriles is 1. The molecular weight excluding hydrogens is 400 g/mol. The van der Waals surface area contributed by atoms with Gasteiger partial charge in [-0.1, -0.05) is 17.7 Å². The number of benzene rings is 1. The molecule has 1 aromatic carbocycles. The first-order valence-electron chi connectivity index (χ1n) is 9.76. The van der Waals surface area contributed by atoms with Gasteiger partial charge < -0.3 is 20.6 Å². The van der Waals surface area contributed by atoms with Gasteiger partial charge in [-0.15, -0.1) is 0 Å². The molecule has 3 N–H and O–H groups in total. The van der Waals surface area contributed by atoms with Crippen LogP contribution in [0.15, 0.2) is 48.5 Å². The van der Waals surface area contributed by atoms with E-state index in [-0.39, 0.29) is 6.17 Å². The van der Waals surface area contributed by atoms with Crippen molar-refractivity contribution >= 4 is 23.1 Å². The van der Waals surface area contributed by atoms with E-state index in [2.05, 4.69) is 31.6 Å². The first-order valence-corrected chi connectivity index (χ1v) is 10.1. The van der Waals surface area contributed by atoms with Gasteiger partial charge in [-0.3, -0.25) is 0 Å². The Labute approximate surface area is 180 Å². The number of nitrogens with zero attached hydrogens (tertiary/aromatic N) is 4. The fourth-order valence-corrected chi connectivity index (χ4v) is 3.92. The van der Waals surface area contributed by atoms with Crippen LogP contribution in [0.4, 0.5) is 11.5 Å². The summed E-state index contributed by atoms with van der Waals surface area (Å²) in [6, 6.07) is 7.46. The van der Waals surface area contributed by atoms with Crippen molar-refractivity contribution < 1.29 is 5.11 Å². The lowest BCUT2D eigenvalue weighted by Gasteiger charge is -2.32. The number of hydrogen-bond acceptors (Lipinski definition) is 7. The van der Waals surface area contributed by atoms with Crippen LogP contribution in [0.25, 0.3) is 0 Å². The van der Waals surface area contributed by atoms with E-state index in [4.69, 9.17) is 16.9 Å². The SMILES string of the molecule is CC(C)(O)C1=CNC(Nc2ncnc3c2CCN(c2ccc(C#N)cc2Cl)C3)C=C1. The molecule has 154 valence electrons. The molecule has 0 saturated carbocycles. The molecule has 3 heterocycles. The van der Waals surface area contributed by atoms with E-state index < -0.39 is 5.60 Å². The summed E-state index contributed by atoms with van der Waals surface area (Å²) in [6.07, 6.45) is 7.91. The van der Waals surface area contributed by atoms with Gasteiger partial charge in [-0.2, -0.15) is 5.26 Å². The van der Waals surface area contributed by atoms with Gasteiger partial charge in [-0.25, -0.2) is 9.97 Å². The van der Waals surface area contributed by atoms with Crippen molar-refractivity contribution in [2.45, 2.75) is 38.6 Å². The van der Waals surface area contributed by atoms with Crippen molar-refractivity contribution in [2.24, 2.45) is 0 Å². The van der Waals surface area contributed by atoms with E-state index in [1.807, 2.05) is 24.4 Å². The lowest BCUT2D eigenvalue weighted by Crippen LogP contribution is -2.37. The van der Waals surface area contributed by atoms with Crippen LogP contribution in [0.2, 0.25) is 5.02 Å². The molecule has 0 amide bonds. The van der Waals surface area contributed by atoms with Crippen LogP contribution in [0.3, 0.4) is 0 Å². The number of fused-ring (bicyclic) bond motifs is 1. The average molecular weight is 423 g/mol. The van der Waals surface area contributed by atoms with Crippen molar-refractivity contribution in [1.29, 1.82) is 5.26 Å². The molecule has 0 fully saturated rings. The third-order valence-electron chi connectivity index (χ3n) is 5.31. The maximum absolute atomic E-state index is 10.1. The molecule has 2 aliphatic heterocycles. The first kappa shape index (κ1) is 20.2. The van der Waals surface area contributed by atoms with Crippen LogP contribution < -0.4 is 15.5 Å². The van der Waals surface area contributed by atoms with Gasteiger partial charge in [0, 0.05) is 18.3 Å². The normalized spacial score (nSPS) is 18.2. The number of aliphatic hydroxyl groups is 1. The van der Waals surface area contributed by atoms with Crippen molar-refractivity contribution in [3.63, 3.8) is 0 Å². The minimum absolute atomic E-state index is 0.124. The van der Waals surface area contributed by atoms with E-state index >= 15 is 0 Å². The van der Waals surface area contributed by atoms with E-state index in [0.29, 0.717) is 17.1 Å². The van der Waals surface area contributed by atoms with Crippen LogP contribution in [0, 0.1) is 11.3 Å². The number of rotatable bonds is 4. The molecule has 7 nitrogen and oxygen atoms in total. The summed E-state index contributed by atoms with van der Waals surface area (Å²) >= 11 is 6.40. The zero-order valence-electron chi connectivity index (χ0n) is 16.9. The summed E-state index contributed by atoms with van der Waals surface area (Å²) < 4.78 is 0. The number of halogens is 1. The van der Waals surface area contributed by atoms with Gasteiger partial charge in [0.25, 0.3) is 0 Å². The molecule has 0 radical (unpaired) electrons. The summed E-state index contributed by atoms with van der Waals surface area (Å²) in [7, 11) is 0. The van der Waals surface area contributed by atoms with Crippen LogP contribution >= 0.6 is 11.6 Å². The Bertz CT molecular complexity index is 1070. The van der Waals surface area contributed by atoms with Crippen molar-refractivity contribution in [1.82, 2.24) is 15.3 Å². The lowest BCUT2D eigenvalue weighted by atomic mass is 9.97. The Morgan fingerprint density at radius 3 is 2.87 bits per heavy atom. The van der Waals surface area contributed by atoms with Crippen molar-refractivity contribution in [3.05, 3.63) is 70.3 Å². The number of anilines is 2. The van der Waals surface area contributed by atoms with E-state index in [9.17, 15) is 5.11 Å². The van der Waals surface area contributed by atoms with Gasteiger partial charge in [0.1, 0.15) is 18.3 Å². The quantitative estimate of drug-likeness (QED) is 0.696. The third-order valence-corrected chi connectivity index (χ3v) is 5.61. The predicted octanol–water partition coefficient (Wildman–Crippen LogP) is 3.12. The Morgan fingerprint density at radius 1 is 1.37 bits per heavy atom. The number of hydrogen-bond donors (Lipinski definition) is 3. The number of nitrogens with one attached hydrogen (secondary N) is 2. The highest BCUT2D eigenvalue weighted by molar-refractivity contribution is 6.33. The average Bonchev–Trinajstić information content (AvgIpc) is 2.73. The minimum Gasteiger partial charge on any atom is -0.386 e. The highest BCUT2D eigenvalue weighted by Gasteiger charge is 2.24. The molecule has 2 aliphatic rings. The summed E-state index contributed by atoms with van der Waals surface area (Å²) in [5.41, 5.74) is 3.41. The molecule has 1 unspecified atom stereocenters.